The molecule has 7 nitrogen and oxygen atoms in total. The van der Waals surface area contributed by atoms with Gasteiger partial charge in [-0.15, -0.1) is 0 Å². The van der Waals surface area contributed by atoms with Gasteiger partial charge in [0.15, 0.2) is 0 Å². The van der Waals surface area contributed by atoms with Crippen molar-refractivity contribution < 1.29 is 18.0 Å². The third kappa shape index (κ3) is 5.55. The van der Waals surface area contributed by atoms with Gasteiger partial charge in [-0.05, 0) is 48.4 Å². The van der Waals surface area contributed by atoms with E-state index in [2.05, 4.69) is 10.0 Å². The molecule has 0 unspecified atom stereocenters. The highest BCUT2D eigenvalue weighted by atomic mass is 32.2. The molecule has 144 valence electrons. The smallest absolute Gasteiger partial charge is 0.262 e. The topological polar surface area (TPSA) is 95.6 Å². The number of sulfonamides is 1. The zero-order chi connectivity index (χ0) is 20.2. The number of hydrogen-bond donors (Lipinski definition) is 2. The minimum atomic E-state index is -3.78. The van der Waals surface area contributed by atoms with Crippen molar-refractivity contribution in [3.8, 4) is 0 Å². The number of hydrogen-bond acceptors (Lipinski definition) is 4. The second kappa shape index (κ2) is 8.22. The van der Waals surface area contributed by atoms with E-state index in [1.165, 1.54) is 17.9 Å². The summed E-state index contributed by atoms with van der Waals surface area (Å²) >= 11 is 0. The quantitative estimate of drug-likeness (QED) is 0.793. The monoisotopic (exact) mass is 389 g/mol. The number of anilines is 2. The highest BCUT2D eigenvalue weighted by Gasteiger charge is 2.17. The Morgan fingerprint density at radius 3 is 2.11 bits per heavy atom. The summed E-state index contributed by atoms with van der Waals surface area (Å²) in [6, 6.07) is 11.3. The summed E-state index contributed by atoms with van der Waals surface area (Å²) in [4.78, 5) is 24.5. The predicted molar refractivity (Wildman–Crippen MR) is 105 cm³/mol. The van der Waals surface area contributed by atoms with E-state index in [4.69, 9.17) is 0 Å². The summed E-state index contributed by atoms with van der Waals surface area (Å²) in [6.45, 7) is 3.05. The van der Waals surface area contributed by atoms with Crippen molar-refractivity contribution in [3.05, 3.63) is 53.6 Å². The van der Waals surface area contributed by atoms with Crippen LogP contribution in [0.2, 0.25) is 0 Å². The second-order valence-corrected chi connectivity index (χ2v) is 8.08. The molecule has 2 rings (SSSR count). The molecule has 2 aromatic carbocycles. The van der Waals surface area contributed by atoms with E-state index in [1.807, 2.05) is 0 Å². The SMILES string of the molecule is CC(=O)Nc1ccc(S(=O)(=O)Nc2ccc(CC(=O)N(C)C)cc2)c(C)c1. The number of nitrogens with one attached hydrogen (secondary N) is 2. The molecule has 2 aromatic rings. The molecule has 2 amide bonds. The van der Waals surface area contributed by atoms with Gasteiger partial charge >= 0.3 is 0 Å². The van der Waals surface area contributed by atoms with Crippen LogP contribution in [-0.2, 0) is 26.0 Å². The molecular formula is C19H23N3O4S. The van der Waals surface area contributed by atoms with E-state index >= 15 is 0 Å². The maximum Gasteiger partial charge on any atom is 0.262 e. The second-order valence-electron chi connectivity index (χ2n) is 6.43. The van der Waals surface area contributed by atoms with Crippen molar-refractivity contribution in [2.24, 2.45) is 0 Å². The first-order chi connectivity index (χ1) is 12.6. The van der Waals surface area contributed by atoms with Crippen LogP contribution < -0.4 is 10.0 Å². The third-order valence-electron chi connectivity index (χ3n) is 3.85. The number of carbonyl (C=O) groups is 2. The van der Waals surface area contributed by atoms with Crippen molar-refractivity contribution in [2.45, 2.75) is 25.2 Å². The van der Waals surface area contributed by atoms with Gasteiger partial charge in [0.05, 0.1) is 11.3 Å². The standard InChI is InChI=1S/C19H23N3O4S/c1-13-11-17(20-14(2)23)9-10-18(13)27(25,26)21-16-7-5-15(6-8-16)12-19(24)22(3)4/h5-11,21H,12H2,1-4H3,(H,20,23). The Labute approximate surface area is 159 Å². The van der Waals surface area contributed by atoms with Gasteiger partial charge in [0, 0.05) is 32.4 Å². The summed E-state index contributed by atoms with van der Waals surface area (Å²) in [5.74, 6) is -0.255. The van der Waals surface area contributed by atoms with Crippen LogP contribution in [0.1, 0.15) is 18.1 Å². The molecule has 0 saturated heterocycles. The molecule has 0 aromatic heterocycles. The van der Waals surface area contributed by atoms with E-state index in [1.54, 1.807) is 57.4 Å². The van der Waals surface area contributed by atoms with Crippen LogP contribution in [0.3, 0.4) is 0 Å². The highest BCUT2D eigenvalue weighted by molar-refractivity contribution is 7.92. The largest absolute Gasteiger partial charge is 0.349 e. The molecule has 0 heterocycles. The Balaban J connectivity index is 2.16. The lowest BCUT2D eigenvalue weighted by Gasteiger charge is -2.13. The number of rotatable bonds is 6. The fourth-order valence-corrected chi connectivity index (χ4v) is 3.75. The zero-order valence-electron chi connectivity index (χ0n) is 15.7. The van der Waals surface area contributed by atoms with Crippen LogP contribution in [-0.4, -0.2) is 39.2 Å². The lowest BCUT2D eigenvalue weighted by molar-refractivity contribution is -0.128. The normalized spacial score (nSPS) is 11.0. The lowest BCUT2D eigenvalue weighted by Crippen LogP contribution is -2.23. The number of aryl methyl sites for hydroxylation is 1. The summed E-state index contributed by atoms with van der Waals surface area (Å²) in [5.41, 5.74) is 2.25. The number of nitrogens with zero attached hydrogens (tertiary/aromatic N) is 1. The van der Waals surface area contributed by atoms with Crippen molar-refractivity contribution >= 4 is 33.2 Å². The third-order valence-corrected chi connectivity index (χ3v) is 5.39. The van der Waals surface area contributed by atoms with E-state index in [9.17, 15) is 18.0 Å². The van der Waals surface area contributed by atoms with Gasteiger partial charge in [-0.25, -0.2) is 8.42 Å². The van der Waals surface area contributed by atoms with E-state index in [0.29, 0.717) is 16.9 Å². The molecule has 0 aliphatic rings. The van der Waals surface area contributed by atoms with E-state index in [-0.39, 0.29) is 23.1 Å². The molecule has 0 radical (unpaired) electrons. The van der Waals surface area contributed by atoms with Gasteiger partial charge in [-0.3, -0.25) is 14.3 Å². The zero-order valence-corrected chi connectivity index (χ0v) is 16.6. The van der Waals surface area contributed by atoms with Crippen molar-refractivity contribution in [3.63, 3.8) is 0 Å². The summed E-state index contributed by atoms with van der Waals surface area (Å²) in [5, 5.41) is 2.62. The minimum absolute atomic E-state index is 0.0294. The number of carbonyl (C=O) groups excluding carboxylic acids is 2. The Morgan fingerprint density at radius 1 is 1.00 bits per heavy atom. The number of amides is 2. The Morgan fingerprint density at radius 2 is 1.59 bits per heavy atom. The summed E-state index contributed by atoms with van der Waals surface area (Å²) in [6.07, 6.45) is 0.254. The van der Waals surface area contributed by atoms with Gasteiger partial charge in [0.1, 0.15) is 0 Å². The van der Waals surface area contributed by atoms with Gasteiger partial charge in [-0.1, -0.05) is 12.1 Å². The molecule has 2 N–H and O–H groups in total. The van der Waals surface area contributed by atoms with Crippen molar-refractivity contribution in [2.75, 3.05) is 24.1 Å². The summed E-state index contributed by atoms with van der Waals surface area (Å²) in [7, 11) is -0.407. The first-order valence-corrected chi connectivity index (χ1v) is 9.77. The molecule has 0 aliphatic carbocycles. The van der Waals surface area contributed by atoms with Crippen molar-refractivity contribution in [1.82, 2.24) is 4.90 Å². The van der Waals surface area contributed by atoms with E-state index in [0.717, 1.165) is 5.56 Å². The molecule has 27 heavy (non-hydrogen) atoms. The van der Waals surface area contributed by atoms with E-state index < -0.39 is 10.0 Å². The van der Waals surface area contributed by atoms with Crippen LogP contribution in [0.15, 0.2) is 47.4 Å². The molecule has 0 bridgehead atoms. The Bertz CT molecular complexity index is 951. The average Bonchev–Trinajstić information content (AvgIpc) is 2.55. The number of likely N-dealkylation sites (N-methyl/N-ethyl adjacent to an activating group) is 1. The lowest BCUT2D eigenvalue weighted by atomic mass is 10.1. The van der Waals surface area contributed by atoms with Gasteiger partial charge in [0.25, 0.3) is 10.0 Å². The maximum absolute atomic E-state index is 12.6. The first kappa shape index (κ1) is 20.4. The predicted octanol–water partition coefficient (Wildman–Crippen LogP) is 2.38. The van der Waals surface area contributed by atoms with Crippen LogP contribution in [0.4, 0.5) is 11.4 Å². The maximum atomic E-state index is 12.6. The molecule has 8 heteroatoms. The van der Waals surface area contributed by atoms with Crippen LogP contribution in [0.5, 0.6) is 0 Å². The minimum Gasteiger partial charge on any atom is -0.349 e. The average molecular weight is 389 g/mol. The Hall–Kier alpha value is -2.87. The van der Waals surface area contributed by atoms with Gasteiger partial charge in [-0.2, -0.15) is 0 Å². The molecule has 0 saturated carbocycles. The van der Waals surface area contributed by atoms with Crippen LogP contribution in [0, 0.1) is 6.92 Å². The highest BCUT2D eigenvalue weighted by Crippen LogP contribution is 2.23. The summed E-state index contributed by atoms with van der Waals surface area (Å²) < 4.78 is 27.8. The molecule has 0 fully saturated rings. The van der Waals surface area contributed by atoms with Gasteiger partial charge in [0.2, 0.25) is 11.8 Å². The van der Waals surface area contributed by atoms with Gasteiger partial charge < -0.3 is 10.2 Å². The fraction of sp³-hybridized carbons (Fsp3) is 0.263. The molecule has 0 atom stereocenters. The van der Waals surface area contributed by atoms with Crippen LogP contribution in [0.25, 0.3) is 0 Å². The number of benzene rings is 2. The first-order valence-electron chi connectivity index (χ1n) is 8.28. The Kier molecular flexibility index (Phi) is 6.22. The van der Waals surface area contributed by atoms with Crippen LogP contribution >= 0.6 is 0 Å². The molecule has 0 aliphatic heterocycles. The fourth-order valence-electron chi connectivity index (χ4n) is 2.47. The van der Waals surface area contributed by atoms with Crippen molar-refractivity contribution in [1.29, 1.82) is 0 Å². The molecular weight excluding hydrogens is 366 g/mol. The molecule has 0 spiro atoms.